The Labute approximate surface area is 153 Å². The molecule has 0 amide bonds. The van der Waals surface area contributed by atoms with Crippen molar-refractivity contribution < 1.29 is 24.2 Å². The molecule has 136 valence electrons. The quantitative estimate of drug-likeness (QED) is 0.726. The molecule has 8 heteroatoms. The van der Waals surface area contributed by atoms with Gasteiger partial charge in [0, 0.05) is 24.6 Å². The van der Waals surface area contributed by atoms with Crippen LogP contribution in [0.3, 0.4) is 0 Å². The zero-order valence-electron chi connectivity index (χ0n) is 14.3. The molecule has 2 N–H and O–H groups in total. The fraction of sp³-hybridized carbons (Fsp3) is 0.211. The van der Waals surface area contributed by atoms with E-state index in [0.29, 0.717) is 28.0 Å². The number of phenolic OH excluding ortho intramolecular Hbond substituents is 1. The first kappa shape index (κ1) is 16.7. The van der Waals surface area contributed by atoms with Gasteiger partial charge >= 0.3 is 5.97 Å². The van der Waals surface area contributed by atoms with Gasteiger partial charge in [-0.15, -0.1) is 0 Å². The molecule has 4 rings (SSSR count). The number of nitrogens with zero attached hydrogens (tertiary/aromatic N) is 3. The highest BCUT2D eigenvalue weighted by molar-refractivity contribution is 5.81. The number of hydrogen-bond donors (Lipinski definition) is 2. The average molecular weight is 365 g/mol. The summed E-state index contributed by atoms with van der Waals surface area (Å²) >= 11 is 0. The van der Waals surface area contributed by atoms with Crippen molar-refractivity contribution in [2.24, 2.45) is 0 Å². The van der Waals surface area contributed by atoms with Gasteiger partial charge < -0.3 is 24.3 Å². The monoisotopic (exact) mass is 365 g/mol. The lowest BCUT2D eigenvalue weighted by molar-refractivity contribution is -0.138. The summed E-state index contributed by atoms with van der Waals surface area (Å²) in [7, 11) is 1.44. The van der Waals surface area contributed by atoms with E-state index in [1.165, 1.54) is 7.11 Å². The topological polar surface area (TPSA) is 120 Å². The Kier molecular flexibility index (Phi) is 3.85. The minimum Gasteiger partial charge on any atom is -0.504 e. The fourth-order valence-corrected chi connectivity index (χ4v) is 3.32. The van der Waals surface area contributed by atoms with Crippen LogP contribution in [0.4, 0.5) is 6.01 Å². The number of aromatic nitrogens is 1. The molecule has 0 radical (unpaired) electrons. The summed E-state index contributed by atoms with van der Waals surface area (Å²) < 4.78 is 10.8. The number of anilines is 1. The van der Waals surface area contributed by atoms with Crippen LogP contribution in [0.5, 0.6) is 11.5 Å². The van der Waals surface area contributed by atoms with E-state index in [9.17, 15) is 15.0 Å². The molecule has 0 unspecified atom stereocenters. The molecule has 0 aliphatic carbocycles. The minimum atomic E-state index is -1.05. The van der Waals surface area contributed by atoms with Gasteiger partial charge in [-0.2, -0.15) is 10.2 Å². The highest BCUT2D eigenvalue weighted by Gasteiger charge is 2.36. The van der Waals surface area contributed by atoms with E-state index in [-0.39, 0.29) is 24.7 Å². The molecule has 0 spiro atoms. The second-order valence-corrected chi connectivity index (χ2v) is 6.23. The molecule has 2 aromatic carbocycles. The van der Waals surface area contributed by atoms with E-state index < -0.39 is 12.0 Å². The second-order valence-electron chi connectivity index (χ2n) is 6.23. The molecule has 1 atom stereocenters. The first-order chi connectivity index (χ1) is 13.0. The molecule has 0 bridgehead atoms. The molecule has 0 fully saturated rings. The number of nitriles is 1. The van der Waals surface area contributed by atoms with Gasteiger partial charge in [0.15, 0.2) is 17.1 Å². The largest absolute Gasteiger partial charge is 0.504 e. The number of ether oxygens (including phenoxy) is 1. The summed E-state index contributed by atoms with van der Waals surface area (Å²) in [6.45, 7) is 0.210. The molecule has 1 aliphatic heterocycles. The number of carboxylic acids is 1. The van der Waals surface area contributed by atoms with Crippen molar-refractivity contribution in [2.75, 3.05) is 12.0 Å². The van der Waals surface area contributed by atoms with Gasteiger partial charge in [-0.05, 0) is 23.8 Å². The van der Waals surface area contributed by atoms with Gasteiger partial charge in [0.05, 0.1) is 18.7 Å². The van der Waals surface area contributed by atoms with Crippen molar-refractivity contribution in [3.05, 3.63) is 47.0 Å². The van der Waals surface area contributed by atoms with Crippen LogP contribution in [-0.2, 0) is 17.8 Å². The third kappa shape index (κ3) is 2.69. The first-order valence-corrected chi connectivity index (χ1v) is 8.19. The van der Waals surface area contributed by atoms with Crippen LogP contribution in [-0.4, -0.2) is 34.3 Å². The minimum absolute atomic E-state index is 0.0443. The van der Waals surface area contributed by atoms with Gasteiger partial charge in [0.2, 0.25) is 0 Å². The van der Waals surface area contributed by atoms with E-state index >= 15 is 0 Å². The maximum atomic E-state index is 11.9. The Balaban J connectivity index is 1.79. The highest BCUT2D eigenvalue weighted by Crippen LogP contribution is 2.38. The van der Waals surface area contributed by atoms with E-state index in [2.05, 4.69) is 4.98 Å². The zero-order valence-corrected chi connectivity index (χ0v) is 14.3. The van der Waals surface area contributed by atoms with Crippen LogP contribution < -0.4 is 9.64 Å². The summed E-state index contributed by atoms with van der Waals surface area (Å²) in [5.41, 5.74) is 2.70. The maximum absolute atomic E-state index is 11.9. The highest BCUT2D eigenvalue weighted by atomic mass is 16.5. The molecule has 1 aromatic heterocycles. The number of carboxylic acid groups (broad SMARTS) is 1. The van der Waals surface area contributed by atoms with E-state index in [0.717, 1.165) is 5.56 Å². The Morgan fingerprint density at radius 3 is 2.93 bits per heavy atom. The number of methoxy groups -OCH3 is 1. The standard InChI is InChI=1S/C19H15N3O5/c1-26-15-5-3-11-9-22(14(18(24)25)7-12(11)17(15)23)19-21-13-4-2-10(8-20)6-16(13)27-19/h2-6,14,23H,7,9H2,1H3,(H,24,25)/t14-/m0/s1. The van der Waals surface area contributed by atoms with Gasteiger partial charge in [0.1, 0.15) is 11.6 Å². The van der Waals surface area contributed by atoms with Gasteiger partial charge in [0.25, 0.3) is 6.01 Å². The maximum Gasteiger partial charge on any atom is 0.326 e. The van der Waals surface area contributed by atoms with Crippen LogP contribution in [0.25, 0.3) is 11.1 Å². The Morgan fingerprint density at radius 2 is 2.22 bits per heavy atom. The first-order valence-electron chi connectivity index (χ1n) is 8.19. The van der Waals surface area contributed by atoms with Crippen molar-refractivity contribution in [3.63, 3.8) is 0 Å². The van der Waals surface area contributed by atoms with E-state index in [1.54, 1.807) is 35.2 Å². The number of oxazole rings is 1. The number of aliphatic carboxylic acids is 1. The van der Waals surface area contributed by atoms with Crippen LogP contribution in [0.1, 0.15) is 16.7 Å². The Hall–Kier alpha value is -3.73. The molecule has 2 heterocycles. The summed E-state index contributed by atoms with van der Waals surface area (Å²) in [6, 6.07) is 9.50. The summed E-state index contributed by atoms with van der Waals surface area (Å²) in [5, 5.41) is 29.1. The van der Waals surface area contributed by atoms with Gasteiger partial charge in [-0.25, -0.2) is 4.79 Å². The van der Waals surface area contributed by atoms with Crippen molar-refractivity contribution in [1.29, 1.82) is 5.26 Å². The molecule has 3 aromatic rings. The van der Waals surface area contributed by atoms with Crippen molar-refractivity contribution in [2.45, 2.75) is 19.0 Å². The normalized spacial score (nSPS) is 16.0. The summed E-state index contributed by atoms with van der Waals surface area (Å²) in [4.78, 5) is 17.8. The Morgan fingerprint density at radius 1 is 1.41 bits per heavy atom. The van der Waals surface area contributed by atoms with E-state index in [1.807, 2.05) is 6.07 Å². The van der Waals surface area contributed by atoms with Crippen LogP contribution >= 0.6 is 0 Å². The van der Waals surface area contributed by atoms with Gasteiger partial charge in [-0.3, -0.25) is 0 Å². The van der Waals surface area contributed by atoms with Crippen molar-refractivity contribution in [1.82, 2.24) is 4.98 Å². The number of aromatic hydroxyl groups is 1. The lowest BCUT2D eigenvalue weighted by atomic mass is 9.93. The predicted molar refractivity (Wildman–Crippen MR) is 94.7 cm³/mol. The number of fused-ring (bicyclic) bond motifs is 2. The Bertz CT molecular complexity index is 1100. The third-order valence-corrected chi connectivity index (χ3v) is 4.71. The number of rotatable bonds is 3. The van der Waals surface area contributed by atoms with Crippen molar-refractivity contribution in [3.8, 4) is 17.6 Å². The summed E-state index contributed by atoms with van der Waals surface area (Å²) in [6.07, 6.45) is 0.0792. The SMILES string of the molecule is COc1ccc2c(c1O)C[C@@H](C(=O)O)N(c1nc3ccc(C#N)cc3o1)C2. The number of carbonyl (C=O) groups is 1. The lowest BCUT2D eigenvalue weighted by Crippen LogP contribution is -2.46. The molecule has 0 saturated heterocycles. The third-order valence-electron chi connectivity index (χ3n) is 4.71. The predicted octanol–water partition coefficient (Wildman–Crippen LogP) is 2.43. The van der Waals surface area contributed by atoms with Crippen LogP contribution in [0.2, 0.25) is 0 Å². The smallest absolute Gasteiger partial charge is 0.326 e. The van der Waals surface area contributed by atoms with Gasteiger partial charge in [-0.1, -0.05) is 6.07 Å². The molecule has 27 heavy (non-hydrogen) atoms. The molecular formula is C19H15N3O5. The molecule has 8 nitrogen and oxygen atoms in total. The summed E-state index contributed by atoms with van der Waals surface area (Å²) in [5.74, 6) is -0.794. The molecule has 1 aliphatic rings. The lowest BCUT2D eigenvalue weighted by Gasteiger charge is -2.33. The average Bonchev–Trinajstić information content (AvgIpc) is 3.10. The molecule has 0 saturated carbocycles. The molecular weight excluding hydrogens is 350 g/mol. The number of benzene rings is 2. The van der Waals surface area contributed by atoms with Crippen LogP contribution in [0.15, 0.2) is 34.7 Å². The second kappa shape index (κ2) is 6.21. The fourth-order valence-electron chi connectivity index (χ4n) is 3.32. The van der Waals surface area contributed by atoms with Crippen LogP contribution in [0, 0.1) is 11.3 Å². The zero-order chi connectivity index (χ0) is 19.1. The number of hydrogen-bond acceptors (Lipinski definition) is 7. The van der Waals surface area contributed by atoms with Crippen molar-refractivity contribution >= 4 is 23.1 Å². The van der Waals surface area contributed by atoms with E-state index in [4.69, 9.17) is 14.4 Å². The number of phenols is 1.